The Bertz CT molecular complexity index is 422. The molecular formula is C14H15FO. The van der Waals surface area contributed by atoms with E-state index in [1.807, 2.05) is 36.4 Å². The lowest BCUT2D eigenvalue weighted by atomic mass is 9.76. The summed E-state index contributed by atoms with van der Waals surface area (Å²) in [4.78, 5) is 0. The first-order valence-electron chi connectivity index (χ1n) is 5.37. The van der Waals surface area contributed by atoms with Crippen LogP contribution in [0.25, 0.3) is 0 Å². The zero-order valence-corrected chi connectivity index (χ0v) is 9.32. The van der Waals surface area contributed by atoms with Crippen molar-refractivity contribution in [3.8, 4) is 0 Å². The van der Waals surface area contributed by atoms with Gasteiger partial charge in [-0.05, 0) is 12.5 Å². The Hall–Kier alpha value is -1.41. The Morgan fingerprint density at radius 1 is 1.31 bits per heavy atom. The monoisotopic (exact) mass is 218 g/mol. The first kappa shape index (κ1) is 11.1. The summed E-state index contributed by atoms with van der Waals surface area (Å²) in [5, 5.41) is 0. The van der Waals surface area contributed by atoms with Gasteiger partial charge < -0.3 is 4.74 Å². The van der Waals surface area contributed by atoms with Gasteiger partial charge in [0.25, 0.3) is 0 Å². The first-order chi connectivity index (χ1) is 7.78. The van der Waals surface area contributed by atoms with Crippen LogP contribution >= 0.6 is 0 Å². The number of hydrogen-bond donors (Lipinski definition) is 0. The number of halogens is 1. The maximum atomic E-state index is 13.8. The Labute approximate surface area is 95.2 Å². The molecule has 1 unspecified atom stereocenters. The minimum atomic E-state index is -0.352. The highest BCUT2D eigenvalue weighted by Gasteiger charge is 2.31. The predicted molar refractivity (Wildman–Crippen MR) is 62.9 cm³/mol. The van der Waals surface area contributed by atoms with Gasteiger partial charge >= 0.3 is 0 Å². The molecular weight excluding hydrogens is 203 g/mol. The zero-order chi connectivity index (χ0) is 11.4. The van der Waals surface area contributed by atoms with Gasteiger partial charge in [0, 0.05) is 18.1 Å². The normalized spacial score (nSPS) is 23.6. The van der Waals surface area contributed by atoms with Crippen molar-refractivity contribution in [2.75, 3.05) is 13.7 Å². The summed E-state index contributed by atoms with van der Waals surface area (Å²) in [7, 11) is 1.65. The van der Waals surface area contributed by atoms with E-state index in [-0.39, 0.29) is 11.2 Å². The van der Waals surface area contributed by atoms with Gasteiger partial charge in [-0.3, -0.25) is 0 Å². The maximum absolute atomic E-state index is 13.8. The zero-order valence-electron chi connectivity index (χ0n) is 9.32. The van der Waals surface area contributed by atoms with Gasteiger partial charge in [0.2, 0.25) is 0 Å². The summed E-state index contributed by atoms with van der Waals surface area (Å²) in [6.45, 7) is 0.495. The first-order valence-corrected chi connectivity index (χ1v) is 5.37. The van der Waals surface area contributed by atoms with Gasteiger partial charge in [0.05, 0.1) is 6.61 Å². The second-order valence-electron chi connectivity index (χ2n) is 4.06. The van der Waals surface area contributed by atoms with Crippen LogP contribution in [0.2, 0.25) is 0 Å². The van der Waals surface area contributed by atoms with Crippen molar-refractivity contribution in [2.24, 2.45) is 0 Å². The molecule has 2 heteroatoms. The summed E-state index contributed by atoms with van der Waals surface area (Å²) in [5.74, 6) is -0.167. The fraction of sp³-hybridized carbons (Fsp3) is 0.286. The van der Waals surface area contributed by atoms with E-state index in [0.29, 0.717) is 12.2 Å². The summed E-state index contributed by atoms with van der Waals surface area (Å²) in [6, 6.07) is 6.90. The maximum Gasteiger partial charge on any atom is 0.127 e. The molecule has 0 bridgehead atoms. The van der Waals surface area contributed by atoms with Gasteiger partial charge in [0.1, 0.15) is 5.82 Å². The van der Waals surface area contributed by atoms with Crippen LogP contribution in [0.5, 0.6) is 0 Å². The van der Waals surface area contributed by atoms with Crippen LogP contribution in [0.1, 0.15) is 12.0 Å². The van der Waals surface area contributed by atoms with Crippen LogP contribution in [0, 0.1) is 5.82 Å². The Morgan fingerprint density at radius 3 is 2.75 bits per heavy atom. The molecule has 0 aromatic heterocycles. The molecule has 0 heterocycles. The summed E-state index contributed by atoms with van der Waals surface area (Å²) in [5.41, 5.74) is 0.354. The third-order valence-electron chi connectivity index (χ3n) is 2.96. The van der Waals surface area contributed by atoms with Crippen molar-refractivity contribution < 1.29 is 9.13 Å². The molecule has 0 radical (unpaired) electrons. The molecule has 1 aliphatic carbocycles. The molecule has 0 saturated carbocycles. The summed E-state index contributed by atoms with van der Waals surface area (Å²) in [6.07, 6.45) is 8.78. The van der Waals surface area contributed by atoms with Gasteiger partial charge in [-0.15, -0.1) is 0 Å². The highest BCUT2D eigenvalue weighted by Crippen LogP contribution is 2.34. The van der Waals surface area contributed by atoms with Crippen LogP contribution in [0.4, 0.5) is 4.39 Å². The third kappa shape index (κ3) is 1.93. The van der Waals surface area contributed by atoms with Crippen LogP contribution in [-0.2, 0) is 10.2 Å². The molecule has 1 atom stereocenters. The highest BCUT2D eigenvalue weighted by atomic mass is 19.1. The van der Waals surface area contributed by atoms with E-state index in [1.54, 1.807) is 13.2 Å². The highest BCUT2D eigenvalue weighted by molar-refractivity contribution is 5.36. The van der Waals surface area contributed by atoms with E-state index < -0.39 is 0 Å². The van der Waals surface area contributed by atoms with Gasteiger partial charge in [-0.25, -0.2) is 4.39 Å². The van der Waals surface area contributed by atoms with E-state index in [9.17, 15) is 4.39 Å². The lowest BCUT2D eigenvalue weighted by Crippen LogP contribution is -2.30. The Kier molecular flexibility index (Phi) is 3.20. The molecule has 1 aliphatic rings. The number of methoxy groups -OCH3 is 1. The van der Waals surface area contributed by atoms with Crippen molar-refractivity contribution in [1.29, 1.82) is 0 Å². The third-order valence-corrected chi connectivity index (χ3v) is 2.96. The number of benzene rings is 1. The molecule has 16 heavy (non-hydrogen) atoms. The molecule has 1 aromatic carbocycles. The second kappa shape index (κ2) is 4.62. The lowest BCUT2D eigenvalue weighted by Gasteiger charge is -2.31. The number of hydrogen-bond acceptors (Lipinski definition) is 1. The summed E-state index contributed by atoms with van der Waals surface area (Å²) < 4.78 is 19.1. The molecule has 84 valence electrons. The molecule has 1 aromatic rings. The Balaban J connectivity index is 2.44. The second-order valence-corrected chi connectivity index (χ2v) is 4.06. The van der Waals surface area contributed by atoms with Gasteiger partial charge in [-0.2, -0.15) is 0 Å². The number of ether oxygens (including phenoxy) is 1. The fourth-order valence-electron chi connectivity index (χ4n) is 2.17. The molecule has 0 spiro atoms. The molecule has 0 aliphatic heterocycles. The van der Waals surface area contributed by atoms with Crippen LogP contribution in [0.15, 0.2) is 48.6 Å². The molecule has 1 nitrogen and oxygen atoms in total. The molecule has 0 N–H and O–H groups in total. The molecule has 0 fully saturated rings. The molecule has 0 saturated heterocycles. The number of allylic oxidation sites excluding steroid dienone is 3. The van der Waals surface area contributed by atoms with E-state index >= 15 is 0 Å². The average molecular weight is 218 g/mol. The van der Waals surface area contributed by atoms with Crippen LogP contribution in [0.3, 0.4) is 0 Å². The minimum absolute atomic E-state index is 0.167. The fourth-order valence-corrected chi connectivity index (χ4v) is 2.17. The van der Waals surface area contributed by atoms with E-state index in [2.05, 4.69) is 0 Å². The van der Waals surface area contributed by atoms with E-state index in [1.165, 1.54) is 6.07 Å². The number of rotatable bonds is 3. The average Bonchev–Trinajstić information content (AvgIpc) is 2.31. The van der Waals surface area contributed by atoms with Crippen molar-refractivity contribution in [2.45, 2.75) is 11.8 Å². The standard InChI is InChI=1S/C14H15FO/c1-16-11-14(9-5-2-6-10-14)12-7-3-4-8-13(12)15/h2-9H,10-11H2,1H3. The lowest BCUT2D eigenvalue weighted by molar-refractivity contribution is 0.149. The Morgan fingerprint density at radius 2 is 2.12 bits per heavy atom. The van der Waals surface area contributed by atoms with Crippen molar-refractivity contribution >= 4 is 0 Å². The van der Waals surface area contributed by atoms with E-state index in [0.717, 1.165) is 6.42 Å². The van der Waals surface area contributed by atoms with Crippen LogP contribution < -0.4 is 0 Å². The SMILES string of the molecule is COCC1(c2ccccc2F)C=CC=CC1. The predicted octanol–water partition coefficient (Wildman–Crippen LogP) is 3.23. The topological polar surface area (TPSA) is 9.23 Å². The van der Waals surface area contributed by atoms with Crippen molar-refractivity contribution in [1.82, 2.24) is 0 Å². The van der Waals surface area contributed by atoms with Crippen LogP contribution in [-0.4, -0.2) is 13.7 Å². The minimum Gasteiger partial charge on any atom is -0.383 e. The van der Waals surface area contributed by atoms with Crippen molar-refractivity contribution in [3.05, 3.63) is 60.0 Å². The van der Waals surface area contributed by atoms with Gasteiger partial charge in [-0.1, -0.05) is 42.5 Å². The smallest absolute Gasteiger partial charge is 0.127 e. The molecule has 0 amide bonds. The van der Waals surface area contributed by atoms with E-state index in [4.69, 9.17) is 4.74 Å². The molecule has 2 rings (SSSR count). The van der Waals surface area contributed by atoms with Gasteiger partial charge in [0.15, 0.2) is 0 Å². The van der Waals surface area contributed by atoms with Crippen molar-refractivity contribution in [3.63, 3.8) is 0 Å². The largest absolute Gasteiger partial charge is 0.383 e. The quantitative estimate of drug-likeness (QED) is 0.756. The summed E-state index contributed by atoms with van der Waals surface area (Å²) >= 11 is 0.